The van der Waals surface area contributed by atoms with Crippen LogP contribution in [0.1, 0.15) is 36.0 Å². The van der Waals surface area contributed by atoms with Crippen LogP contribution in [0.3, 0.4) is 0 Å². The first kappa shape index (κ1) is 22.2. The number of amides is 1. The molecular weight excluding hydrogens is 356 g/mol. The van der Waals surface area contributed by atoms with Gasteiger partial charge in [0.1, 0.15) is 0 Å². The summed E-state index contributed by atoms with van der Waals surface area (Å²) >= 11 is 0. The highest BCUT2D eigenvalue weighted by Gasteiger charge is 2.13. The number of hydrogen-bond acceptors (Lipinski definition) is 4. The SMILES string of the molecule is CN=C(NCCCNC(=O)c1ccccc1)NCCCOCC1CCOCC1. The number of nitrogens with zero attached hydrogens (tertiary/aromatic N) is 1. The summed E-state index contributed by atoms with van der Waals surface area (Å²) < 4.78 is 11.1. The van der Waals surface area contributed by atoms with E-state index in [1.54, 1.807) is 7.05 Å². The van der Waals surface area contributed by atoms with E-state index in [0.29, 0.717) is 18.0 Å². The van der Waals surface area contributed by atoms with Crippen molar-refractivity contribution in [2.24, 2.45) is 10.9 Å². The van der Waals surface area contributed by atoms with Gasteiger partial charge in [0.25, 0.3) is 5.91 Å². The number of carbonyl (C=O) groups excluding carboxylic acids is 1. The van der Waals surface area contributed by atoms with Crippen LogP contribution in [0.4, 0.5) is 0 Å². The second-order valence-corrected chi connectivity index (χ2v) is 6.89. The van der Waals surface area contributed by atoms with Gasteiger partial charge in [0.2, 0.25) is 0 Å². The average molecular weight is 391 g/mol. The zero-order valence-corrected chi connectivity index (χ0v) is 16.9. The molecule has 7 heteroatoms. The largest absolute Gasteiger partial charge is 0.381 e. The number of nitrogens with one attached hydrogen (secondary N) is 3. The van der Waals surface area contributed by atoms with E-state index in [9.17, 15) is 4.79 Å². The van der Waals surface area contributed by atoms with Crippen molar-refractivity contribution >= 4 is 11.9 Å². The third-order valence-corrected chi connectivity index (χ3v) is 4.64. The zero-order chi connectivity index (χ0) is 19.9. The highest BCUT2D eigenvalue weighted by atomic mass is 16.5. The van der Waals surface area contributed by atoms with Crippen molar-refractivity contribution in [1.82, 2.24) is 16.0 Å². The lowest BCUT2D eigenvalue weighted by Crippen LogP contribution is -2.39. The van der Waals surface area contributed by atoms with Gasteiger partial charge < -0.3 is 25.4 Å². The second kappa shape index (κ2) is 14.0. The maximum atomic E-state index is 11.9. The van der Waals surface area contributed by atoms with Gasteiger partial charge in [-0.1, -0.05) is 18.2 Å². The molecule has 156 valence electrons. The first-order chi connectivity index (χ1) is 13.8. The Bertz CT molecular complexity index is 574. The van der Waals surface area contributed by atoms with Crippen molar-refractivity contribution in [3.8, 4) is 0 Å². The third kappa shape index (κ3) is 9.19. The van der Waals surface area contributed by atoms with Crippen LogP contribution in [0.5, 0.6) is 0 Å². The lowest BCUT2D eigenvalue weighted by atomic mass is 10.0. The Morgan fingerprint density at radius 3 is 2.46 bits per heavy atom. The van der Waals surface area contributed by atoms with E-state index in [-0.39, 0.29) is 5.91 Å². The maximum absolute atomic E-state index is 11.9. The van der Waals surface area contributed by atoms with Gasteiger partial charge in [-0.3, -0.25) is 9.79 Å². The van der Waals surface area contributed by atoms with Crippen LogP contribution in [0.15, 0.2) is 35.3 Å². The fraction of sp³-hybridized carbons (Fsp3) is 0.619. The fourth-order valence-electron chi connectivity index (χ4n) is 2.95. The van der Waals surface area contributed by atoms with Gasteiger partial charge in [0.05, 0.1) is 0 Å². The summed E-state index contributed by atoms with van der Waals surface area (Å²) in [6, 6.07) is 9.25. The fourth-order valence-corrected chi connectivity index (χ4v) is 2.95. The van der Waals surface area contributed by atoms with E-state index in [0.717, 1.165) is 71.2 Å². The summed E-state index contributed by atoms with van der Waals surface area (Å²) in [6.45, 7) is 5.52. The van der Waals surface area contributed by atoms with E-state index in [1.165, 1.54) is 0 Å². The van der Waals surface area contributed by atoms with Crippen molar-refractivity contribution in [1.29, 1.82) is 0 Å². The van der Waals surface area contributed by atoms with Gasteiger partial charge in [-0.15, -0.1) is 0 Å². The van der Waals surface area contributed by atoms with Gasteiger partial charge in [-0.2, -0.15) is 0 Å². The third-order valence-electron chi connectivity index (χ3n) is 4.64. The Kier molecular flexibility index (Phi) is 11.1. The highest BCUT2D eigenvalue weighted by Crippen LogP contribution is 2.14. The molecule has 1 aliphatic rings. The molecule has 0 radical (unpaired) electrons. The predicted octanol–water partition coefficient (Wildman–Crippen LogP) is 1.80. The van der Waals surface area contributed by atoms with E-state index in [2.05, 4.69) is 20.9 Å². The Labute approximate surface area is 168 Å². The van der Waals surface area contributed by atoms with Gasteiger partial charge >= 0.3 is 0 Å². The molecule has 7 nitrogen and oxygen atoms in total. The summed E-state index contributed by atoms with van der Waals surface area (Å²) in [5, 5.41) is 9.46. The maximum Gasteiger partial charge on any atom is 0.251 e. The molecule has 1 saturated heterocycles. The highest BCUT2D eigenvalue weighted by molar-refractivity contribution is 5.94. The van der Waals surface area contributed by atoms with Crippen LogP contribution >= 0.6 is 0 Å². The minimum atomic E-state index is -0.0381. The predicted molar refractivity (Wildman–Crippen MR) is 112 cm³/mol. The van der Waals surface area contributed by atoms with Crippen LogP contribution in [-0.4, -0.2) is 65.0 Å². The molecule has 1 aromatic carbocycles. The molecular formula is C21H34N4O3. The number of hydrogen-bond donors (Lipinski definition) is 3. The van der Waals surface area contributed by atoms with Crippen molar-refractivity contribution in [3.63, 3.8) is 0 Å². The smallest absolute Gasteiger partial charge is 0.251 e. The number of carbonyl (C=O) groups is 1. The van der Waals surface area contributed by atoms with Crippen molar-refractivity contribution < 1.29 is 14.3 Å². The van der Waals surface area contributed by atoms with Gasteiger partial charge in [0, 0.05) is 58.7 Å². The van der Waals surface area contributed by atoms with Gasteiger partial charge in [-0.05, 0) is 43.7 Å². The molecule has 1 aromatic rings. The van der Waals surface area contributed by atoms with E-state index in [1.807, 2.05) is 30.3 Å². The Balaban J connectivity index is 1.44. The summed E-state index contributed by atoms with van der Waals surface area (Å²) in [6.07, 6.45) is 3.99. The topological polar surface area (TPSA) is 84.0 Å². The quantitative estimate of drug-likeness (QED) is 0.305. The molecule has 1 heterocycles. The van der Waals surface area contributed by atoms with E-state index >= 15 is 0 Å². The molecule has 0 atom stereocenters. The molecule has 0 aromatic heterocycles. The summed E-state index contributed by atoms with van der Waals surface area (Å²) in [4.78, 5) is 16.2. The molecule has 0 unspecified atom stereocenters. The summed E-state index contributed by atoms with van der Waals surface area (Å²) in [5.74, 6) is 1.39. The Hall–Kier alpha value is -2.12. The average Bonchev–Trinajstić information content (AvgIpc) is 2.75. The lowest BCUT2D eigenvalue weighted by molar-refractivity contribution is 0.0203. The molecule has 0 bridgehead atoms. The van der Waals surface area contributed by atoms with Crippen LogP contribution in [0.25, 0.3) is 0 Å². The first-order valence-electron chi connectivity index (χ1n) is 10.2. The molecule has 0 spiro atoms. The van der Waals surface area contributed by atoms with Crippen molar-refractivity contribution in [2.75, 3.05) is 53.1 Å². The Morgan fingerprint density at radius 2 is 1.75 bits per heavy atom. The molecule has 1 aliphatic heterocycles. The van der Waals surface area contributed by atoms with Crippen LogP contribution in [0.2, 0.25) is 0 Å². The molecule has 2 rings (SSSR count). The summed E-state index contributed by atoms with van der Waals surface area (Å²) in [7, 11) is 1.76. The van der Waals surface area contributed by atoms with Crippen LogP contribution in [0, 0.1) is 5.92 Å². The van der Waals surface area contributed by atoms with Gasteiger partial charge in [-0.25, -0.2) is 0 Å². The number of ether oxygens (including phenoxy) is 2. The van der Waals surface area contributed by atoms with Gasteiger partial charge in [0.15, 0.2) is 5.96 Å². The normalized spacial score (nSPS) is 15.2. The molecule has 28 heavy (non-hydrogen) atoms. The molecule has 3 N–H and O–H groups in total. The minimum absolute atomic E-state index is 0.0381. The second-order valence-electron chi connectivity index (χ2n) is 6.89. The van der Waals surface area contributed by atoms with Crippen molar-refractivity contribution in [2.45, 2.75) is 25.7 Å². The first-order valence-corrected chi connectivity index (χ1v) is 10.2. The number of rotatable bonds is 11. The minimum Gasteiger partial charge on any atom is -0.381 e. The van der Waals surface area contributed by atoms with E-state index in [4.69, 9.17) is 9.47 Å². The number of benzene rings is 1. The standard InChI is InChI=1S/C21H34N4O3/c1-22-21(25-13-6-14-28-17-18-9-15-27-16-10-18)24-12-5-11-23-20(26)19-7-3-2-4-8-19/h2-4,7-8,18H,5-6,9-17H2,1H3,(H,23,26)(H2,22,24,25). The zero-order valence-electron chi connectivity index (χ0n) is 16.9. The van der Waals surface area contributed by atoms with Crippen LogP contribution in [-0.2, 0) is 9.47 Å². The monoisotopic (exact) mass is 390 g/mol. The van der Waals surface area contributed by atoms with Crippen LogP contribution < -0.4 is 16.0 Å². The molecule has 1 amide bonds. The summed E-state index contributed by atoms with van der Waals surface area (Å²) in [5.41, 5.74) is 0.687. The van der Waals surface area contributed by atoms with Crippen molar-refractivity contribution in [3.05, 3.63) is 35.9 Å². The molecule has 0 saturated carbocycles. The molecule has 1 fully saturated rings. The number of guanidine groups is 1. The lowest BCUT2D eigenvalue weighted by Gasteiger charge is -2.21. The Morgan fingerprint density at radius 1 is 1.07 bits per heavy atom. The van der Waals surface area contributed by atoms with E-state index < -0.39 is 0 Å². The molecule has 0 aliphatic carbocycles. The number of aliphatic imine (C=N–C) groups is 1.